The molecule has 2 aliphatic rings. The van der Waals surface area contributed by atoms with E-state index in [1.54, 1.807) is 0 Å². The van der Waals surface area contributed by atoms with Gasteiger partial charge in [0.1, 0.15) is 0 Å². The molecule has 2 rings (SSSR count). The van der Waals surface area contributed by atoms with Crippen molar-refractivity contribution in [2.75, 3.05) is 26.0 Å². The molecule has 1 aliphatic carbocycles. The van der Waals surface area contributed by atoms with E-state index in [0.717, 1.165) is 6.54 Å². The molecule has 0 bridgehead atoms. The molecule has 1 aliphatic heterocycles. The van der Waals surface area contributed by atoms with Crippen LogP contribution in [0.2, 0.25) is 0 Å². The first kappa shape index (κ1) is 13.2. The molecule has 0 aromatic heterocycles. The van der Waals surface area contributed by atoms with Crippen molar-refractivity contribution in [2.24, 2.45) is 11.1 Å². The molecule has 0 aromatic carbocycles. The molecule has 2 unspecified atom stereocenters. The van der Waals surface area contributed by atoms with Gasteiger partial charge < -0.3 is 15.8 Å². The van der Waals surface area contributed by atoms with E-state index in [0.29, 0.717) is 13.2 Å². The van der Waals surface area contributed by atoms with E-state index in [-0.39, 0.29) is 16.7 Å². The Hall–Kier alpha value is -0.260. The van der Waals surface area contributed by atoms with Crippen LogP contribution in [0.3, 0.4) is 0 Å². The van der Waals surface area contributed by atoms with Crippen molar-refractivity contribution < 1.29 is 9.53 Å². The number of nitrogens with one attached hydrogen (secondary N) is 1. The Bertz CT molecular complexity index is 301. The van der Waals surface area contributed by atoms with Crippen molar-refractivity contribution in [3.05, 3.63) is 0 Å². The molecule has 5 heteroatoms. The lowest BCUT2D eigenvalue weighted by Crippen LogP contribution is -2.53. The number of hydrogen-bond acceptors (Lipinski definition) is 4. The SMILES string of the molecule is CSC1(CNC(=O)C2(C)COCC2N)CCC1. The molecule has 2 atom stereocenters. The molecular formula is C12H22N2O2S. The molecule has 4 nitrogen and oxygen atoms in total. The number of ether oxygens (including phenoxy) is 1. The molecular weight excluding hydrogens is 236 g/mol. The fourth-order valence-corrected chi connectivity index (χ4v) is 3.30. The van der Waals surface area contributed by atoms with E-state index >= 15 is 0 Å². The first-order valence-corrected chi connectivity index (χ1v) is 7.42. The normalized spacial score (nSPS) is 35.4. The van der Waals surface area contributed by atoms with Crippen LogP contribution in [0.25, 0.3) is 0 Å². The average Bonchev–Trinajstić information content (AvgIpc) is 2.59. The second kappa shape index (κ2) is 4.78. The van der Waals surface area contributed by atoms with E-state index < -0.39 is 5.41 Å². The van der Waals surface area contributed by atoms with Crippen LogP contribution in [0.15, 0.2) is 0 Å². The van der Waals surface area contributed by atoms with Gasteiger partial charge in [0.15, 0.2) is 0 Å². The monoisotopic (exact) mass is 258 g/mol. The third-order valence-electron chi connectivity index (χ3n) is 4.31. The van der Waals surface area contributed by atoms with Crippen LogP contribution >= 0.6 is 11.8 Å². The molecule has 2 fully saturated rings. The number of nitrogens with two attached hydrogens (primary N) is 1. The standard InChI is InChI=1S/C12H22N2O2S/c1-11(8-16-6-9(11)13)10(15)14-7-12(17-2)4-3-5-12/h9H,3-8,13H2,1-2H3,(H,14,15). The van der Waals surface area contributed by atoms with Gasteiger partial charge in [0, 0.05) is 17.3 Å². The fraction of sp³-hybridized carbons (Fsp3) is 0.917. The highest BCUT2D eigenvalue weighted by Gasteiger charge is 2.45. The van der Waals surface area contributed by atoms with Gasteiger partial charge in [-0.3, -0.25) is 4.79 Å². The number of amides is 1. The summed E-state index contributed by atoms with van der Waals surface area (Å²) in [6, 6.07) is -0.186. The van der Waals surface area contributed by atoms with Crippen LogP contribution in [-0.4, -0.2) is 42.7 Å². The van der Waals surface area contributed by atoms with Crippen molar-refractivity contribution in [2.45, 2.75) is 37.0 Å². The minimum Gasteiger partial charge on any atom is -0.379 e. The highest BCUT2D eigenvalue weighted by Crippen LogP contribution is 2.42. The summed E-state index contributed by atoms with van der Waals surface area (Å²) < 4.78 is 5.57. The van der Waals surface area contributed by atoms with Crippen molar-refractivity contribution in [3.63, 3.8) is 0 Å². The van der Waals surface area contributed by atoms with Crippen LogP contribution in [0, 0.1) is 5.41 Å². The lowest BCUT2D eigenvalue weighted by Gasteiger charge is -2.41. The average molecular weight is 258 g/mol. The summed E-state index contributed by atoms with van der Waals surface area (Å²) in [6.07, 6.45) is 5.80. The molecule has 1 amide bonds. The Morgan fingerprint density at radius 3 is 2.71 bits per heavy atom. The second-order valence-electron chi connectivity index (χ2n) is 5.46. The predicted molar refractivity (Wildman–Crippen MR) is 70.0 cm³/mol. The van der Waals surface area contributed by atoms with Crippen molar-refractivity contribution in [1.29, 1.82) is 0 Å². The fourth-order valence-electron chi connectivity index (χ4n) is 2.39. The highest BCUT2D eigenvalue weighted by atomic mass is 32.2. The Morgan fingerprint density at radius 2 is 2.29 bits per heavy atom. The Labute approximate surface area is 107 Å². The molecule has 0 spiro atoms. The summed E-state index contributed by atoms with van der Waals surface area (Å²) in [4.78, 5) is 12.2. The number of hydrogen-bond donors (Lipinski definition) is 2. The van der Waals surface area contributed by atoms with Crippen LogP contribution < -0.4 is 11.1 Å². The number of rotatable bonds is 4. The van der Waals surface area contributed by atoms with Gasteiger partial charge in [-0.15, -0.1) is 0 Å². The molecule has 17 heavy (non-hydrogen) atoms. The van der Waals surface area contributed by atoms with Gasteiger partial charge >= 0.3 is 0 Å². The van der Waals surface area contributed by atoms with Gasteiger partial charge in [0.25, 0.3) is 0 Å². The van der Waals surface area contributed by atoms with Crippen molar-refractivity contribution in [3.8, 4) is 0 Å². The summed E-state index contributed by atoms with van der Waals surface area (Å²) in [6.45, 7) is 3.58. The number of thioether (sulfide) groups is 1. The highest BCUT2D eigenvalue weighted by molar-refractivity contribution is 8.00. The molecule has 3 N–H and O–H groups in total. The topological polar surface area (TPSA) is 64.3 Å². The maximum absolute atomic E-state index is 12.2. The minimum atomic E-state index is -0.552. The predicted octanol–water partition coefficient (Wildman–Crippen LogP) is 0.752. The Balaban J connectivity index is 1.89. The van der Waals surface area contributed by atoms with Gasteiger partial charge in [-0.1, -0.05) is 6.42 Å². The maximum Gasteiger partial charge on any atom is 0.229 e. The summed E-state index contributed by atoms with van der Waals surface area (Å²) in [5.74, 6) is 0.0443. The zero-order valence-electron chi connectivity index (χ0n) is 10.6. The Kier molecular flexibility index (Phi) is 3.71. The largest absolute Gasteiger partial charge is 0.379 e. The van der Waals surface area contributed by atoms with Gasteiger partial charge in [-0.05, 0) is 26.0 Å². The third kappa shape index (κ3) is 2.33. The summed E-state index contributed by atoms with van der Waals surface area (Å²) in [5, 5.41) is 3.07. The lowest BCUT2D eigenvalue weighted by molar-refractivity contribution is -0.130. The lowest BCUT2D eigenvalue weighted by atomic mass is 9.82. The van der Waals surface area contributed by atoms with E-state index in [1.165, 1.54) is 19.3 Å². The smallest absolute Gasteiger partial charge is 0.229 e. The van der Waals surface area contributed by atoms with E-state index in [4.69, 9.17) is 10.5 Å². The number of carbonyl (C=O) groups is 1. The zero-order valence-corrected chi connectivity index (χ0v) is 11.4. The molecule has 1 saturated carbocycles. The third-order valence-corrected chi connectivity index (χ3v) is 5.72. The van der Waals surface area contributed by atoms with Crippen LogP contribution in [0.4, 0.5) is 0 Å². The van der Waals surface area contributed by atoms with Gasteiger partial charge in [-0.2, -0.15) is 11.8 Å². The first-order valence-electron chi connectivity index (χ1n) is 6.19. The van der Waals surface area contributed by atoms with Crippen LogP contribution in [0.5, 0.6) is 0 Å². The van der Waals surface area contributed by atoms with E-state index in [2.05, 4.69) is 11.6 Å². The quantitative estimate of drug-likeness (QED) is 0.781. The van der Waals surface area contributed by atoms with Gasteiger partial charge in [0.05, 0.1) is 18.6 Å². The Morgan fingerprint density at radius 1 is 1.59 bits per heavy atom. The first-order chi connectivity index (χ1) is 8.02. The number of carbonyl (C=O) groups excluding carboxylic acids is 1. The van der Waals surface area contributed by atoms with Gasteiger partial charge in [-0.25, -0.2) is 0 Å². The summed E-state index contributed by atoms with van der Waals surface area (Å²) in [5.41, 5.74) is 5.39. The zero-order chi connectivity index (χ0) is 12.5. The molecule has 0 radical (unpaired) electrons. The van der Waals surface area contributed by atoms with Crippen LogP contribution in [-0.2, 0) is 9.53 Å². The van der Waals surface area contributed by atoms with Gasteiger partial charge in [0.2, 0.25) is 5.91 Å². The van der Waals surface area contributed by atoms with E-state index in [9.17, 15) is 4.79 Å². The van der Waals surface area contributed by atoms with Crippen molar-refractivity contribution in [1.82, 2.24) is 5.32 Å². The van der Waals surface area contributed by atoms with Crippen molar-refractivity contribution >= 4 is 17.7 Å². The molecule has 98 valence electrons. The summed E-state index contributed by atoms with van der Waals surface area (Å²) >= 11 is 1.87. The summed E-state index contributed by atoms with van der Waals surface area (Å²) in [7, 11) is 0. The van der Waals surface area contributed by atoms with Crippen LogP contribution in [0.1, 0.15) is 26.2 Å². The molecule has 1 heterocycles. The maximum atomic E-state index is 12.2. The minimum absolute atomic E-state index is 0.0443. The van der Waals surface area contributed by atoms with E-state index in [1.807, 2.05) is 18.7 Å². The molecule has 1 saturated heterocycles. The molecule has 0 aromatic rings. The second-order valence-corrected chi connectivity index (χ2v) is 6.74.